The SMILES string of the molecule is C1=CCCC(c2ccc(-c3nc(-c4ccccc4)nc(-c4cc(-n5c6ccccc6c6cc7ccccc7cc65)cc5c4oc4ccccc45)n3)cc2)=C1. The van der Waals surface area contributed by atoms with Crippen molar-refractivity contribution >= 4 is 60.1 Å². The van der Waals surface area contributed by atoms with Crippen LogP contribution in [0.1, 0.15) is 18.4 Å². The number of fused-ring (bicyclic) bond motifs is 7. The maximum Gasteiger partial charge on any atom is 0.167 e. The molecular formula is C49H32N4O. The van der Waals surface area contributed by atoms with Gasteiger partial charge in [-0.05, 0) is 71.1 Å². The van der Waals surface area contributed by atoms with Crippen LogP contribution in [0.15, 0.2) is 174 Å². The molecule has 3 aromatic heterocycles. The van der Waals surface area contributed by atoms with Crippen molar-refractivity contribution < 1.29 is 4.42 Å². The smallest absolute Gasteiger partial charge is 0.167 e. The number of benzene rings is 7. The fourth-order valence-electron chi connectivity index (χ4n) is 8.06. The highest BCUT2D eigenvalue weighted by molar-refractivity contribution is 6.15. The molecule has 0 bridgehead atoms. The first-order chi connectivity index (χ1) is 26.7. The van der Waals surface area contributed by atoms with Crippen LogP contribution in [0.4, 0.5) is 0 Å². The summed E-state index contributed by atoms with van der Waals surface area (Å²) in [5, 5.41) is 6.88. The van der Waals surface area contributed by atoms with Crippen LogP contribution in [0.3, 0.4) is 0 Å². The van der Waals surface area contributed by atoms with Crippen molar-refractivity contribution in [2.75, 3.05) is 0 Å². The van der Waals surface area contributed by atoms with Crippen molar-refractivity contribution in [3.05, 3.63) is 175 Å². The predicted octanol–water partition coefficient (Wildman–Crippen LogP) is 12.8. The van der Waals surface area contributed by atoms with E-state index in [9.17, 15) is 0 Å². The molecule has 1 aliphatic carbocycles. The number of aromatic nitrogens is 4. The third-order valence-electron chi connectivity index (χ3n) is 10.7. The maximum atomic E-state index is 6.70. The van der Waals surface area contributed by atoms with E-state index in [1.165, 1.54) is 32.7 Å². The van der Waals surface area contributed by atoms with E-state index in [1.807, 2.05) is 42.5 Å². The second-order valence-corrected chi connectivity index (χ2v) is 13.9. The first kappa shape index (κ1) is 30.5. The van der Waals surface area contributed by atoms with Gasteiger partial charge in [-0.25, -0.2) is 15.0 Å². The van der Waals surface area contributed by atoms with Crippen molar-refractivity contribution in [3.63, 3.8) is 0 Å². The van der Waals surface area contributed by atoms with Gasteiger partial charge in [0.25, 0.3) is 0 Å². The van der Waals surface area contributed by atoms with E-state index in [0.29, 0.717) is 17.5 Å². The summed E-state index contributed by atoms with van der Waals surface area (Å²) < 4.78 is 9.07. The highest BCUT2D eigenvalue weighted by Gasteiger charge is 2.22. The largest absolute Gasteiger partial charge is 0.455 e. The maximum absolute atomic E-state index is 6.70. The summed E-state index contributed by atoms with van der Waals surface area (Å²) in [4.78, 5) is 15.5. The molecule has 0 fully saturated rings. The van der Waals surface area contributed by atoms with Crippen molar-refractivity contribution in [2.45, 2.75) is 12.8 Å². The molecule has 11 rings (SSSR count). The second kappa shape index (κ2) is 12.2. The molecule has 0 saturated heterocycles. The third kappa shape index (κ3) is 4.97. The Kier molecular flexibility index (Phi) is 6.92. The molecule has 0 unspecified atom stereocenters. The van der Waals surface area contributed by atoms with E-state index in [0.717, 1.165) is 68.2 Å². The number of allylic oxidation sites excluding steroid dienone is 4. The van der Waals surface area contributed by atoms with Gasteiger partial charge in [0.2, 0.25) is 0 Å². The molecule has 10 aromatic rings. The monoisotopic (exact) mass is 692 g/mol. The summed E-state index contributed by atoms with van der Waals surface area (Å²) in [5.41, 5.74) is 10.1. The van der Waals surface area contributed by atoms with Crippen molar-refractivity contribution in [1.29, 1.82) is 0 Å². The Bertz CT molecular complexity index is 3150. The topological polar surface area (TPSA) is 56.7 Å². The van der Waals surface area contributed by atoms with Crippen LogP contribution < -0.4 is 0 Å². The molecule has 0 aliphatic heterocycles. The number of hydrogen-bond donors (Lipinski definition) is 0. The zero-order valence-electron chi connectivity index (χ0n) is 29.3. The molecule has 0 spiro atoms. The van der Waals surface area contributed by atoms with Crippen LogP contribution in [0.25, 0.3) is 99.9 Å². The lowest BCUT2D eigenvalue weighted by Gasteiger charge is -2.13. The lowest BCUT2D eigenvalue weighted by molar-refractivity contribution is 0.669. The van der Waals surface area contributed by atoms with E-state index in [-0.39, 0.29) is 0 Å². The Morgan fingerprint density at radius 3 is 1.96 bits per heavy atom. The number of para-hydroxylation sites is 2. The number of furan rings is 1. The van der Waals surface area contributed by atoms with E-state index in [4.69, 9.17) is 19.4 Å². The first-order valence-electron chi connectivity index (χ1n) is 18.4. The summed E-state index contributed by atoms with van der Waals surface area (Å²) in [6.45, 7) is 0. The molecule has 5 nitrogen and oxygen atoms in total. The number of hydrogen-bond acceptors (Lipinski definition) is 4. The molecule has 0 saturated carbocycles. The predicted molar refractivity (Wildman–Crippen MR) is 222 cm³/mol. The quantitative estimate of drug-likeness (QED) is 0.180. The summed E-state index contributed by atoms with van der Waals surface area (Å²) in [6, 6.07) is 53.2. The Labute approximate surface area is 311 Å². The molecule has 254 valence electrons. The summed E-state index contributed by atoms with van der Waals surface area (Å²) >= 11 is 0. The van der Waals surface area contributed by atoms with Crippen molar-refractivity contribution in [2.24, 2.45) is 0 Å². The minimum absolute atomic E-state index is 0.556. The van der Waals surface area contributed by atoms with Gasteiger partial charge in [-0.2, -0.15) is 0 Å². The van der Waals surface area contributed by atoms with Crippen LogP contribution in [-0.2, 0) is 0 Å². The fraction of sp³-hybridized carbons (Fsp3) is 0.0408. The minimum atomic E-state index is 0.556. The van der Waals surface area contributed by atoms with E-state index in [1.54, 1.807) is 0 Å². The summed E-state index contributed by atoms with van der Waals surface area (Å²) in [5.74, 6) is 1.78. The van der Waals surface area contributed by atoms with Crippen LogP contribution in [0.2, 0.25) is 0 Å². The summed E-state index contributed by atoms with van der Waals surface area (Å²) in [6.07, 6.45) is 8.66. The van der Waals surface area contributed by atoms with Crippen molar-refractivity contribution in [3.8, 4) is 39.9 Å². The summed E-state index contributed by atoms with van der Waals surface area (Å²) in [7, 11) is 0. The molecule has 5 heteroatoms. The van der Waals surface area contributed by atoms with Crippen molar-refractivity contribution in [1.82, 2.24) is 19.5 Å². The van der Waals surface area contributed by atoms with Crippen LogP contribution >= 0.6 is 0 Å². The Balaban J connectivity index is 1.19. The van der Waals surface area contributed by atoms with Gasteiger partial charge in [0.05, 0.1) is 16.6 Å². The average Bonchev–Trinajstić information content (AvgIpc) is 3.78. The fourth-order valence-corrected chi connectivity index (χ4v) is 8.06. The van der Waals surface area contributed by atoms with Gasteiger partial charge in [-0.3, -0.25) is 0 Å². The van der Waals surface area contributed by atoms with Crippen LogP contribution in [0, 0.1) is 0 Å². The van der Waals surface area contributed by atoms with Gasteiger partial charge in [0, 0.05) is 38.4 Å². The van der Waals surface area contributed by atoms with E-state index < -0.39 is 0 Å². The molecule has 0 N–H and O–H groups in total. The van der Waals surface area contributed by atoms with Crippen LogP contribution in [0.5, 0.6) is 0 Å². The molecular weight excluding hydrogens is 661 g/mol. The molecule has 0 radical (unpaired) electrons. The normalized spacial score (nSPS) is 13.1. The average molecular weight is 693 g/mol. The van der Waals surface area contributed by atoms with Gasteiger partial charge < -0.3 is 8.98 Å². The highest BCUT2D eigenvalue weighted by Crippen LogP contribution is 2.41. The molecule has 54 heavy (non-hydrogen) atoms. The molecule has 0 atom stereocenters. The highest BCUT2D eigenvalue weighted by atomic mass is 16.3. The second-order valence-electron chi connectivity index (χ2n) is 13.9. The van der Waals surface area contributed by atoms with Gasteiger partial charge in [-0.1, -0.05) is 133 Å². The molecule has 1 aliphatic rings. The van der Waals surface area contributed by atoms with E-state index >= 15 is 0 Å². The Morgan fingerprint density at radius 1 is 0.500 bits per heavy atom. The zero-order chi connectivity index (χ0) is 35.6. The molecule has 7 aromatic carbocycles. The first-order valence-corrected chi connectivity index (χ1v) is 18.4. The van der Waals surface area contributed by atoms with Gasteiger partial charge in [0.15, 0.2) is 17.5 Å². The lowest BCUT2D eigenvalue weighted by Crippen LogP contribution is -2.02. The standard InChI is InChI=1S/C49H32N4O/c1-3-13-31(14-4-1)32-23-25-34(26-24-32)48-50-47(33-15-5-2-6-16-33)51-49(52-48)42-30-37(29-41-39-20-10-12-22-45(39)54-46(41)42)53-43-21-11-9-19-38(43)40-27-35-17-7-8-18-36(35)28-44(40)53/h1-3,5-13,15-30H,4,14H2. The van der Waals surface area contributed by atoms with Gasteiger partial charge in [-0.15, -0.1) is 0 Å². The van der Waals surface area contributed by atoms with Crippen LogP contribution in [-0.4, -0.2) is 19.5 Å². The van der Waals surface area contributed by atoms with Gasteiger partial charge >= 0.3 is 0 Å². The number of nitrogens with zero attached hydrogens (tertiary/aromatic N) is 4. The Morgan fingerprint density at radius 2 is 1.17 bits per heavy atom. The third-order valence-corrected chi connectivity index (χ3v) is 10.7. The Hall–Kier alpha value is -7.11. The molecule has 0 amide bonds. The van der Waals surface area contributed by atoms with E-state index in [2.05, 4.69) is 132 Å². The lowest BCUT2D eigenvalue weighted by atomic mass is 9.96. The minimum Gasteiger partial charge on any atom is -0.455 e. The molecule has 3 heterocycles. The number of rotatable bonds is 5. The van der Waals surface area contributed by atoms with Gasteiger partial charge in [0.1, 0.15) is 11.2 Å². The zero-order valence-corrected chi connectivity index (χ0v) is 29.3.